The third kappa shape index (κ3) is 3.77. The number of nitriles is 1. The Hall–Kier alpha value is -1.99. The number of halogens is 1. The maximum absolute atomic E-state index is 9.35. The number of hydrogen-bond donors (Lipinski definition) is 0. The highest BCUT2D eigenvalue weighted by Gasteiger charge is 2.08. The molecule has 0 bridgehead atoms. The fourth-order valence-electron chi connectivity index (χ4n) is 2.10. The average Bonchev–Trinajstić information content (AvgIpc) is 2.94. The zero-order valence-corrected chi connectivity index (χ0v) is 13.7. The Labute approximate surface area is 133 Å². The number of hydrogen-bond acceptors (Lipinski definition) is 3. The van der Waals surface area contributed by atoms with E-state index >= 15 is 0 Å². The van der Waals surface area contributed by atoms with Gasteiger partial charge in [0, 0.05) is 23.6 Å². The second kappa shape index (κ2) is 7.14. The van der Waals surface area contributed by atoms with Crippen LogP contribution in [-0.2, 0) is 0 Å². The van der Waals surface area contributed by atoms with E-state index in [0.717, 1.165) is 29.0 Å². The highest BCUT2D eigenvalue weighted by atomic mass is 79.9. The molecule has 0 amide bonds. The number of nitrogens with zero attached hydrogens (tertiary/aromatic N) is 2. The average molecular weight is 345 g/mol. The van der Waals surface area contributed by atoms with E-state index in [1.54, 1.807) is 6.08 Å². The van der Waals surface area contributed by atoms with Gasteiger partial charge < -0.3 is 9.32 Å². The Bertz CT molecular complexity index is 678. The van der Waals surface area contributed by atoms with Crippen molar-refractivity contribution in [1.82, 2.24) is 0 Å². The maximum Gasteiger partial charge on any atom is 0.196 e. The van der Waals surface area contributed by atoms with E-state index in [0.29, 0.717) is 11.3 Å². The topological polar surface area (TPSA) is 40.2 Å². The fourth-order valence-corrected chi connectivity index (χ4v) is 2.50. The van der Waals surface area contributed by atoms with Gasteiger partial charge in [0.25, 0.3) is 0 Å². The Kier molecular flexibility index (Phi) is 5.24. The minimum absolute atomic E-state index is 0.580. The molecule has 0 aliphatic rings. The van der Waals surface area contributed by atoms with Crippen LogP contribution in [0.1, 0.15) is 25.2 Å². The Morgan fingerprint density at radius 2 is 2.05 bits per heavy atom. The van der Waals surface area contributed by atoms with Gasteiger partial charge in [-0.05, 0) is 43.7 Å². The predicted molar refractivity (Wildman–Crippen MR) is 89.9 cm³/mol. The van der Waals surface area contributed by atoms with Crippen molar-refractivity contribution in [3.63, 3.8) is 0 Å². The number of furan rings is 1. The molecule has 0 aliphatic carbocycles. The molecular formula is C17H17BrN2O. The second-order valence-corrected chi connectivity index (χ2v) is 5.44. The van der Waals surface area contributed by atoms with Crippen molar-refractivity contribution >= 4 is 33.5 Å². The first-order chi connectivity index (χ1) is 10.2. The lowest BCUT2D eigenvalue weighted by molar-refractivity contribution is 0.541. The summed E-state index contributed by atoms with van der Waals surface area (Å²) in [4.78, 5) is 2.13. The summed E-state index contributed by atoms with van der Waals surface area (Å²) in [6.45, 7) is 5.96. The molecule has 0 radical (unpaired) electrons. The summed E-state index contributed by atoms with van der Waals surface area (Å²) < 4.78 is 6.75. The molecule has 0 saturated carbocycles. The van der Waals surface area contributed by atoms with E-state index < -0.39 is 0 Å². The van der Waals surface area contributed by atoms with E-state index in [1.165, 1.54) is 0 Å². The molecule has 0 atom stereocenters. The van der Waals surface area contributed by atoms with Crippen LogP contribution >= 0.6 is 15.9 Å². The predicted octanol–water partition coefficient (Wildman–Crippen LogP) is 4.95. The van der Waals surface area contributed by atoms with Gasteiger partial charge in [0.1, 0.15) is 5.76 Å². The number of rotatable bonds is 5. The van der Waals surface area contributed by atoms with E-state index in [-0.39, 0.29) is 0 Å². The number of benzene rings is 1. The Balaban J connectivity index is 2.31. The smallest absolute Gasteiger partial charge is 0.196 e. The molecule has 108 valence electrons. The Morgan fingerprint density at radius 1 is 1.29 bits per heavy atom. The summed E-state index contributed by atoms with van der Waals surface area (Å²) in [5, 5.41) is 9.35. The van der Waals surface area contributed by atoms with Crippen molar-refractivity contribution in [2.45, 2.75) is 13.8 Å². The third-order valence-electron chi connectivity index (χ3n) is 3.23. The van der Waals surface area contributed by atoms with Gasteiger partial charge in [0.2, 0.25) is 0 Å². The van der Waals surface area contributed by atoms with Crippen molar-refractivity contribution in [2.75, 3.05) is 18.0 Å². The van der Waals surface area contributed by atoms with E-state index in [2.05, 4.69) is 40.7 Å². The molecule has 1 aromatic heterocycles. The SMILES string of the molecule is CCN(CC)c1ccc(C=C(C#N)c2cccc(Br)c2)o1. The number of allylic oxidation sites excluding steroid dienone is 1. The molecule has 0 spiro atoms. The molecule has 2 rings (SSSR count). The zero-order chi connectivity index (χ0) is 15.2. The zero-order valence-electron chi connectivity index (χ0n) is 12.1. The molecule has 21 heavy (non-hydrogen) atoms. The van der Waals surface area contributed by atoms with Crippen LogP contribution in [0.4, 0.5) is 5.88 Å². The highest BCUT2D eigenvalue weighted by Crippen LogP contribution is 2.24. The minimum atomic E-state index is 0.580. The molecule has 1 heterocycles. The molecular weight excluding hydrogens is 328 g/mol. The van der Waals surface area contributed by atoms with Gasteiger partial charge in [-0.15, -0.1) is 0 Å². The van der Waals surface area contributed by atoms with Crippen molar-refractivity contribution in [3.05, 3.63) is 52.2 Å². The first-order valence-electron chi connectivity index (χ1n) is 6.90. The van der Waals surface area contributed by atoms with Crippen LogP contribution in [0, 0.1) is 11.3 Å². The summed E-state index contributed by atoms with van der Waals surface area (Å²) in [5.41, 5.74) is 1.45. The van der Waals surface area contributed by atoms with Gasteiger partial charge in [-0.2, -0.15) is 5.26 Å². The molecule has 2 aromatic rings. The van der Waals surface area contributed by atoms with Crippen molar-refractivity contribution in [3.8, 4) is 6.07 Å². The largest absolute Gasteiger partial charge is 0.441 e. The van der Waals surface area contributed by atoms with Crippen LogP contribution in [0.3, 0.4) is 0 Å². The van der Waals surface area contributed by atoms with Gasteiger partial charge in [-0.1, -0.05) is 28.1 Å². The van der Waals surface area contributed by atoms with E-state index in [4.69, 9.17) is 4.42 Å². The lowest BCUT2D eigenvalue weighted by atomic mass is 10.1. The first-order valence-corrected chi connectivity index (χ1v) is 7.69. The van der Waals surface area contributed by atoms with Crippen LogP contribution in [-0.4, -0.2) is 13.1 Å². The molecule has 4 heteroatoms. The van der Waals surface area contributed by atoms with E-state index in [1.807, 2.05) is 36.4 Å². The van der Waals surface area contributed by atoms with Crippen LogP contribution in [0.15, 0.2) is 45.3 Å². The quantitative estimate of drug-likeness (QED) is 0.720. The molecule has 0 saturated heterocycles. The first kappa shape index (κ1) is 15.4. The van der Waals surface area contributed by atoms with Crippen LogP contribution in [0.5, 0.6) is 0 Å². The van der Waals surface area contributed by atoms with Crippen LogP contribution in [0.2, 0.25) is 0 Å². The summed E-state index contributed by atoms with van der Waals surface area (Å²) in [7, 11) is 0. The van der Waals surface area contributed by atoms with Crippen molar-refractivity contribution in [2.24, 2.45) is 0 Å². The summed E-state index contributed by atoms with van der Waals surface area (Å²) in [6.07, 6.45) is 1.77. The van der Waals surface area contributed by atoms with Crippen molar-refractivity contribution in [1.29, 1.82) is 5.26 Å². The summed E-state index contributed by atoms with van der Waals surface area (Å²) in [6, 6.07) is 13.7. The molecule has 0 aliphatic heterocycles. The molecule has 1 aromatic carbocycles. The molecule has 0 unspecified atom stereocenters. The van der Waals surface area contributed by atoms with Gasteiger partial charge in [0.15, 0.2) is 5.88 Å². The summed E-state index contributed by atoms with van der Waals surface area (Å²) >= 11 is 3.42. The van der Waals surface area contributed by atoms with Gasteiger partial charge >= 0.3 is 0 Å². The van der Waals surface area contributed by atoms with E-state index in [9.17, 15) is 5.26 Å². The molecule has 0 N–H and O–H groups in total. The standard InChI is InChI=1S/C17H17BrN2O/c1-3-20(4-2)17-9-8-16(21-17)11-14(12-19)13-6-5-7-15(18)10-13/h5-11H,3-4H2,1-2H3. The molecule has 3 nitrogen and oxygen atoms in total. The van der Waals surface area contributed by atoms with Crippen LogP contribution in [0.25, 0.3) is 11.6 Å². The lowest BCUT2D eigenvalue weighted by Crippen LogP contribution is -2.20. The second-order valence-electron chi connectivity index (χ2n) is 4.53. The summed E-state index contributed by atoms with van der Waals surface area (Å²) in [5.74, 6) is 1.52. The van der Waals surface area contributed by atoms with Gasteiger partial charge in [-0.3, -0.25) is 0 Å². The van der Waals surface area contributed by atoms with Gasteiger partial charge in [0.05, 0.1) is 11.6 Å². The van der Waals surface area contributed by atoms with Crippen LogP contribution < -0.4 is 4.90 Å². The van der Waals surface area contributed by atoms with Crippen molar-refractivity contribution < 1.29 is 4.42 Å². The highest BCUT2D eigenvalue weighted by molar-refractivity contribution is 9.10. The minimum Gasteiger partial charge on any atom is -0.441 e. The molecule has 0 fully saturated rings. The number of anilines is 1. The fraction of sp³-hybridized carbons (Fsp3) is 0.235. The Morgan fingerprint density at radius 3 is 2.67 bits per heavy atom. The maximum atomic E-state index is 9.35. The van der Waals surface area contributed by atoms with Gasteiger partial charge in [-0.25, -0.2) is 0 Å². The lowest BCUT2D eigenvalue weighted by Gasteiger charge is -2.16. The monoisotopic (exact) mass is 344 g/mol. The third-order valence-corrected chi connectivity index (χ3v) is 3.72. The normalized spacial score (nSPS) is 11.2.